The largest absolute Gasteiger partial charge is 0.384 e. The Bertz CT molecular complexity index is 554. The molecule has 0 aromatic heterocycles. The molecule has 0 aliphatic carbocycles. The van der Waals surface area contributed by atoms with Gasteiger partial charge >= 0.3 is 0 Å². The van der Waals surface area contributed by atoms with Crippen molar-refractivity contribution in [1.82, 2.24) is 0 Å². The molecular weight excluding hydrogens is 220 g/mol. The van der Waals surface area contributed by atoms with Crippen LogP contribution in [0.4, 0.5) is 0 Å². The monoisotopic (exact) mass is 238 g/mol. The van der Waals surface area contributed by atoms with E-state index in [2.05, 4.69) is 38.1 Å². The third-order valence-corrected chi connectivity index (χ3v) is 3.08. The van der Waals surface area contributed by atoms with Crippen molar-refractivity contribution in [2.24, 2.45) is 5.73 Å². The van der Waals surface area contributed by atoms with Gasteiger partial charge in [-0.3, -0.25) is 5.41 Å². The number of nitrogen functional groups attached to an aromatic ring is 1. The van der Waals surface area contributed by atoms with Gasteiger partial charge in [-0.15, -0.1) is 0 Å². The highest BCUT2D eigenvalue weighted by molar-refractivity contribution is 5.95. The molecular formula is C16H18N2. The fraction of sp³-hybridized carbons (Fsp3) is 0.188. The molecule has 2 aromatic carbocycles. The summed E-state index contributed by atoms with van der Waals surface area (Å²) in [6.07, 6.45) is 0. The Balaban J connectivity index is 2.36. The Morgan fingerprint density at radius 1 is 1.00 bits per heavy atom. The molecule has 2 rings (SSSR count). The molecule has 0 saturated heterocycles. The minimum absolute atomic E-state index is 0.109. The van der Waals surface area contributed by atoms with Crippen LogP contribution in [-0.2, 0) is 0 Å². The zero-order valence-corrected chi connectivity index (χ0v) is 10.8. The summed E-state index contributed by atoms with van der Waals surface area (Å²) in [6, 6.07) is 16.4. The molecule has 0 amide bonds. The number of rotatable bonds is 3. The van der Waals surface area contributed by atoms with Crippen molar-refractivity contribution in [3.8, 4) is 11.1 Å². The molecule has 0 aliphatic rings. The van der Waals surface area contributed by atoms with Gasteiger partial charge < -0.3 is 5.73 Å². The number of hydrogen-bond donors (Lipinski definition) is 2. The highest BCUT2D eigenvalue weighted by Gasteiger charge is 2.03. The molecule has 0 unspecified atom stereocenters. The van der Waals surface area contributed by atoms with Crippen LogP contribution < -0.4 is 5.73 Å². The van der Waals surface area contributed by atoms with E-state index in [0.29, 0.717) is 5.92 Å². The number of benzene rings is 2. The van der Waals surface area contributed by atoms with Gasteiger partial charge in [0.25, 0.3) is 0 Å². The molecule has 2 aromatic rings. The SMILES string of the molecule is CC(C)c1cccc(-c2ccc(C(=N)N)cc2)c1. The van der Waals surface area contributed by atoms with E-state index in [0.717, 1.165) is 11.1 Å². The smallest absolute Gasteiger partial charge is 0.122 e. The van der Waals surface area contributed by atoms with Gasteiger partial charge in [0.2, 0.25) is 0 Å². The van der Waals surface area contributed by atoms with E-state index in [1.165, 1.54) is 11.1 Å². The fourth-order valence-electron chi connectivity index (χ4n) is 1.92. The zero-order valence-electron chi connectivity index (χ0n) is 10.8. The summed E-state index contributed by atoms with van der Waals surface area (Å²) >= 11 is 0. The Morgan fingerprint density at radius 2 is 1.67 bits per heavy atom. The summed E-state index contributed by atoms with van der Waals surface area (Å²) in [5, 5.41) is 7.38. The molecule has 92 valence electrons. The molecule has 2 nitrogen and oxygen atoms in total. The highest BCUT2D eigenvalue weighted by Crippen LogP contribution is 2.24. The molecule has 0 spiro atoms. The average molecular weight is 238 g/mol. The van der Waals surface area contributed by atoms with E-state index in [1.54, 1.807) is 0 Å². The maximum absolute atomic E-state index is 7.38. The van der Waals surface area contributed by atoms with Crippen LogP contribution in [0.3, 0.4) is 0 Å². The van der Waals surface area contributed by atoms with E-state index < -0.39 is 0 Å². The molecule has 0 bridgehead atoms. The Kier molecular flexibility index (Phi) is 3.47. The lowest BCUT2D eigenvalue weighted by atomic mass is 9.97. The Hall–Kier alpha value is -2.09. The van der Waals surface area contributed by atoms with Crippen molar-refractivity contribution >= 4 is 5.84 Å². The topological polar surface area (TPSA) is 49.9 Å². The van der Waals surface area contributed by atoms with Gasteiger partial charge in [-0.2, -0.15) is 0 Å². The zero-order chi connectivity index (χ0) is 13.1. The number of hydrogen-bond acceptors (Lipinski definition) is 1. The van der Waals surface area contributed by atoms with E-state index >= 15 is 0 Å². The van der Waals surface area contributed by atoms with Crippen molar-refractivity contribution in [3.63, 3.8) is 0 Å². The van der Waals surface area contributed by atoms with E-state index in [1.807, 2.05) is 24.3 Å². The van der Waals surface area contributed by atoms with Crippen LogP contribution in [0.1, 0.15) is 30.9 Å². The summed E-state index contributed by atoms with van der Waals surface area (Å²) < 4.78 is 0. The highest BCUT2D eigenvalue weighted by atomic mass is 14.7. The predicted molar refractivity (Wildman–Crippen MR) is 77.0 cm³/mol. The van der Waals surface area contributed by atoms with E-state index in [4.69, 9.17) is 11.1 Å². The summed E-state index contributed by atoms with van der Waals surface area (Å²) in [5.41, 5.74) is 9.91. The molecule has 0 radical (unpaired) electrons. The second-order valence-electron chi connectivity index (χ2n) is 4.77. The third-order valence-electron chi connectivity index (χ3n) is 3.08. The average Bonchev–Trinajstić information content (AvgIpc) is 2.39. The predicted octanol–water partition coefficient (Wildman–Crippen LogP) is 3.76. The minimum Gasteiger partial charge on any atom is -0.384 e. The molecule has 0 heterocycles. The van der Waals surface area contributed by atoms with Crippen molar-refractivity contribution in [2.45, 2.75) is 19.8 Å². The standard InChI is InChI=1S/C16H18N2/c1-11(2)14-4-3-5-15(10-14)12-6-8-13(9-7-12)16(17)18/h3-11H,1-2H3,(H3,17,18). The van der Waals surface area contributed by atoms with Crippen molar-refractivity contribution in [2.75, 3.05) is 0 Å². The molecule has 0 saturated carbocycles. The second kappa shape index (κ2) is 5.05. The van der Waals surface area contributed by atoms with Crippen molar-refractivity contribution in [1.29, 1.82) is 5.41 Å². The molecule has 0 aliphatic heterocycles. The first-order chi connectivity index (χ1) is 8.58. The van der Waals surface area contributed by atoms with Gasteiger partial charge in [-0.1, -0.05) is 62.4 Å². The first-order valence-electron chi connectivity index (χ1n) is 6.12. The van der Waals surface area contributed by atoms with Gasteiger partial charge in [0.15, 0.2) is 0 Å². The molecule has 0 atom stereocenters. The molecule has 3 N–H and O–H groups in total. The second-order valence-corrected chi connectivity index (χ2v) is 4.77. The van der Waals surface area contributed by atoms with Crippen LogP contribution in [0.15, 0.2) is 48.5 Å². The van der Waals surface area contributed by atoms with Crippen LogP contribution in [0.25, 0.3) is 11.1 Å². The van der Waals surface area contributed by atoms with Gasteiger partial charge in [0.05, 0.1) is 0 Å². The Morgan fingerprint density at radius 3 is 2.22 bits per heavy atom. The minimum atomic E-state index is 0.109. The quantitative estimate of drug-likeness (QED) is 0.620. The van der Waals surface area contributed by atoms with Crippen molar-refractivity contribution in [3.05, 3.63) is 59.7 Å². The summed E-state index contributed by atoms with van der Waals surface area (Å²) in [6.45, 7) is 4.38. The van der Waals surface area contributed by atoms with Crippen LogP contribution in [-0.4, -0.2) is 5.84 Å². The van der Waals surface area contributed by atoms with Gasteiger partial charge in [-0.05, 0) is 22.6 Å². The lowest BCUT2D eigenvalue weighted by molar-refractivity contribution is 0.867. The first kappa shape index (κ1) is 12.4. The van der Waals surface area contributed by atoms with Crippen LogP contribution in [0.2, 0.25) is 0 Å². The first-order valence-corrected chi connectivity index (χ1v) is 6.12. The normalized spacial score (nSPS) is 10.6. The number of amidine groups is 1. The van der Waals surface area contributed by atoms with Crippen LogP contribution in [0, 0.1) is 5.41 Å². The van der Waals surface area contributed by atoms with Crippen LogP contribution >= 0.6 is 0 Å². The summed E-state index contributed by atoms with van der Waals surface area (Å²) in [5.74, 6) is 0.638. The number of nitrogens with one attached hydrogen (secondary N) is 1. The third kappa shape index (κ3) is 2.59. The van der Waals surface area contributed by atoms with Gasteiger partial charge in [0, 0.05) is 5.56 Å². The summed E-state index contributed by atoms with van der Waals surface area (Å²) in [7, 11) is 0. The van der Waals surface area contributed by atoms with Crippen molar-refractivity contribution < 1.29 is 0 Å². The fourth-order valence-corrected chi connectivity index (χ4v) is 1.92. The Labute approximate surface area is 108 Å². The molecule has 2 heteroatoms. The maximum atomic E-state index is 7.38. The lowest BCUT2D eigenvalue weighted by Crippen LogP contribution is -2.10. The van der Waals surface area contributed by atoms with Gasteiger partial charge in [-0.25, -0.2) is 0 Å². The summed E-state index contributed by atoms with van der Waals surface area (Å²) in [4.78, 5) is 0. The lowest BCUT2D eigenvalue weighted by Gasteiger charge is -2.08. The van der Waals surface area contributed by atoms with E-state index in [-0.39, 0.29) is 5.84 Å². The maximum Gasteiger partial charge on any atom is 0.122 e. The molecule has 18 heavy (non-hydrogen) atoms. The molecule has 0 fully saturated rings. The van der Waals surface area contributed by atoms with Gasteiger partial charge in [0.1, 0.15) is 5.84 Å². The number of nitrogens with two attached hydrogens (primary N) is 1. The van der Waals surface area contributed by atoms with E-state index in [9.17, 15) is 0 Å². The van der Waals surface area contributed by atoms with Crippen LogP contribution in [0.5, 0.6) is 0 Å².